The highest BCUT2D eigenvalue weighted by atomic mass is 19.1. The van der Waals surface area contributed by atoms with Gasteiger partial charge in [-0.1, -0.05) is 24.3 Å². The topological polar surface area (TPSA) is 69.0 Å². The van der Waals surface area contributed by atoms with E-state index in [1.165, 1.54) is 12.1 Å². The molecule has 0 bridgehead atoms. The van der Waals surface area contributed by atoms with E-state index in [1.807, 2.05) is 48.1 Å². The van der Waals surface area contributed by atoms with Gasteiger partial charge in [-0.05, 0) is 55.0 Å². The monoisotopic (exact) mass is 510 g/mol. The van der Waals surface area contributed by atoms with Gasteiger partial charge < -0.3 is 10.1 Å². The number of aromatic nitrogens is 3. The maximum atomic E-state index is 13.5. The van der Waals surface area contributed by atoms with Crippen LogP contribution in [0.25, 0.3) is 22.5 Å². The summed E-state index contributed by atoms with van der Waals surface area (Å²) in [6.45, 7) is 1.77. The minimum absolute atomic E-state index is 0.0103. The van der Waals surface area contributed by atoms with E-state index in [4.69, 9.17) is 4.74 Å². The molecule has 190 valence electrons. The summed E-state index contributed by atoms with van der Waals surface area (Å²) < 4.78 is 34.9. The molecular formula is C30H24F2N4O2. The number of hydrogen-bond acceptors (Lipinski definition) is 4. The lowest BCUT2D eigenvalue weighted by Gasteiger charge is -2.13. The molecule has 38 heavy (non-hydrogen) atoms. The minimum Gasteiger partial charge on any atom is -0.457 e. The first kappa shape index (κ1) is 24.8. The Bertz CT molecular complexity index is 1610. The highest BCUT2D eigenvalue weighted by Crippen LogP contribution is 2.31. The molecule has 0 aliphatic heterocycles. The normalized spacial score (nSPS) is 10.8. The zero-order valence-corrected chi connectivity index (χ0v) is 20.8. The molecule has 0 aliphatic rings. The number of nitrogens with one attached hydrogen (secondary N) is 1. The van der Waals surface area contributed by atoms with Crippen LogP contribution >= 0.6 is 0 Å². The molecule has 8 heteroatoms. The SMILES string of the molecule is Cc1c(Oc2ccnc(-c3cccc(-c4ccnn4C)c3)c2)cccc1C(=O)NCc1cc(F)cc(F)c1. The second-order valence-corrected chi connectivity index (χ2v) is 8.79. The molecule has 2 aromatic heterocycles. The van der Waals surface area contributed by atoms with Gasteiger partial charge in [0.05, 0.1) is 11.4 Å². The molecule has 0 radical (unpaired) electrons. The molecule has 5 aromatic rings. The average Bonchev–Trinajstić information content (AvgIpc) is 3.34. The summed E-state index contributed by atoms with van der Waals surface area (Å²) in [5, 5.41) is 6.95. The first-order valence-electron chi connectivity index (χ1n) is 11.9. The van der Waals surface area contributed by atoms with Crippen LogP contribution in [0.3, 0.4) is 0 Å². The Balaban J connectivity index is 1.34. The van der Waals surface area contributed by atoms with Gasteiger partial charge in [-0.2, -0.15) is 5.10 Å². The Labute approximate surface area is 218 Å². The number of ether oxygens (including phenoxy) is 1. The first-order valence-corrected chi connectivity index (χ1v) is 11.9. The Morgan fingerprint density at radius 1 is 0.921 bits per heavy atom. The van der Waals surface area contributed by atoms with Gasteiger partial charge >= 0.3 is 0 Å². The van der Waals surface area contributed by atoms with Crippen LogP contribution in [-0.2, 0) is 13.6 Å². The minimum atomic E-state index is -0.693. The highest BCUT2D eigenvalue weighted by molar-refractivity contribution is 5.96. The number of pyridine rings is 1. The molecule has 0 aliphatic carbocycles. The van der Waals surface area contributed by atoms with E-state index >= 15 is 0 Å². The summed E-state index contributed by atoms with van der Waals surface area (Å²) in [6, 6.07) is 21.9. The van der Waals surface area contributed by atoms with E-state index in [-0.39, 0.29) is 12.5 Å². The lowest BCUT2D eigenvalue weighted by molar-refractivity contribution is 0.0949. The van der Waals surface area contributed by atoms with Crippen LogP contribution in [-0.4, -0.2) is 20.7 Å². The number of halogens is 2. The van der Waals surface area contributed by atoms with Gasteiger partial charge in [0.2, 0.25) is 0 Å². The van der Waals surface area contributed by atoms with Crippen molar-refractivity contribution < 1.29 is 18.3 Å². The quantitative estimate of drug-likeness (QED) is 0.273. The molecule has 0 saturated heterocycles. The van der Waals surface area contributed by atoms with Crippen LogP contribution in [0.4, 0.5) is 8.78 Å². The molecule has 0 fully saturated rings. The Kier molecular flexibility index (Phi) is 6.95. The third-order valence-corrected chi connectivity index (χ3v) is 6.14. The van der Waals surface area contributed by atoms with Crippen molar-refractivity contribution in [2.45, 2.75) is 13.5 Å². The van der Waals surface area contributed by atoms with Crippen LogP contribution in [0, 0.1) is 18.6 Å². The average molecular weight is 511 g/mol. The standard InChI is InChI=1S/C30H24F2N4O2/c1-19-26(30(37)34-18-20-13-23(31)16-24(32)14-20)7-4-8-29(19)38-25-9-11-33-27(17-25)21-5-3-6-22(15-21)28-10-12-35-36(28)2/h3-17H,18H2,1-2H3,(H,34,37). The van der Waals surface area contributed by atoms with Crippen molar-refractivity contribution in [2.75, 3.05) is 0 Å². The lowest BCUT2D eigenvalue weighted by Crippen LogP contribution is -2.23. The van der Waals surface area contributed by atoms with Gasteiger partial charge in [-0.25, -0.2) is 8.78 Å². The second kappa shape index (κ2) is 10.6. The van der Waals surface area contributed by atoms with Crippen molar-refractivity contribution in [1.82, 2.24) is 20.1 Å². The summed E-state index contributed by atoms with van der Waals surface area (Å²) in [7, 11) is 1.90. The van der Waals surface area contributed by atoms with Crippen LogP contribution < -0.4 is 10.1 Å². The molecule has 0 atom stereocenters. The molecule has 3 aromatic carbocycles. The fourth-order valence-corrected chi connectivity index (χ4v) is 4.22. The van der Waals surface area contributed by atoms with Crippen molar-refractivity contribution in [1.29, 1.82) is 0 Å². The van der Waals surface area contributed by atoms with Crippen LogP contribution in [0.1, 0.15) is 21.5 Å². The van der Waals surface area contributed by atoms with Crippen molar-refractivity contribution in [3.8, 4) is 34.0 Å². The van der Waals surface area contributed by atoms with Crippen LogP contribution in [0.15, 0.2) is 91.3 Å². The summed E-state index contributed by atoms with van der Waals surface area (Å²) >= 11 is 0. The molecule has 2 heterocycles. The molecule has 0 saturated carbocycles. The fraction of sp³-hybridized carbons (Fsp3) is 0.100. The number of aryl methyl sites for hydroxylation is 1. The Morgan fingerprint density at radius 2 is 1.68 bits per heavy atom. The van der Waals surface area contributed by atoms with Gasteiger partial charge in [0.15, 0.2) is 0 Å². The third-order valence-electron chi connectivity index (χ3n) is 6.14. The van der Waals surface area contributed by atoms with Crippen LogP contribution in [0.2, 0.25) is 0 Å². The van der Waals surface area contributed by atoms with Crippen molar-refractivity contribution in [3.63, 3.8) is 0 Å². The number of carbonyl (C=O) groups excluding carboxylic acids is 1. The largest absolute Gasteiger partial charge is 0.457 e. The van der Waals surface area contributed by atoms with E-state index < -0.39 is 11.6 Å². The number of benzene rings is 3. The summed E-state index contributed by atoms with van der Waals surface area (Å²) in [6.07, 6.45) is 3.43. The molecule has 0 spiro atoms. The third kappa shape index (κ3) is 5.44. The predicted molar refractivity (Wildman–Crippen MR) is 141 cm³/mol. The Hall–Kier alpha value is -4.85. The molecule has 1 amide bonds. The molecule has 0 unspecified atom stereocenters. The molecule has 5 rings (SSSR count). The molecule has 1 N–H and O–H groups in total. The van der Waals surface area contributed by atoms with Crippen molar-refractivity contribution in [3.05, 3.63) is 120 Å². The first-order chi connectivity index (χ1) is 18.4. The molecule has 6 nitrogen and oxygen atoms in total. The maximum Gasteiger partial charge on any atom is 0.251 e. The number of amides is 1. The predicted octanol–water partition coefficient (Wildman–Crippen LogP) is 6.46. The summed E-state index contributed by atoms with van der Waals surface area (Å²) in [5.74, 6) is -0.686. The number of carbonyl (C=O) groups is 1. The van der Waals surface area contributed by atoms with Crippen molar-refractivity contribution in [2.24, 2.45) is 7.05 Å². The van der Waals surface area contributed by atoms with Gasteiger partial charge in [0, 0.05) is 60.4 Å². The number of nitrogens with zero attached hydrogens (tertiary/aromatic N) is 3. The van der Waals surface area contributed by atoms with E-state index in [0.29, 0.717) is 28.2 Å². The van der Waals surface area contributed by atoms with Crippen molar-refractivity contribution >= 4 is 5.91 Å². The zero-order valence-electron chi connectivity index (χ0n) is 20.8. The maximum absolute atomic E-state index is 13.5. The molecular weight excluding hydrogens is 486 g/mol. The van der Waals surface area contributed by atoms with Gasteiger partial charge in [0.25, 0.3) is 5.91 Å². The second-order valence-electron chi connectivity index (χ2n) is 8.79. The van der Waals surface area contributed by atoms with E-state index in [0.717, 1.165) is 28.6 Å². The van der Waals surface area contributed by atoms with Gasteiger partial charge in [-0.15, -0.1) is 0 Å². The smallest absolute Gasteiger partial charge is 0.251 e. The van der Waals surface area contributed by atoms with E-state index in [9.17, 15) is 13.6 Å². The summed E-state index contributed by atoms with van der Waals surface area (Å²) in [5.41, 5.74) is 5.04. The zero-order chi connectivity index (χ0) is 26.6. The van der Waals surface area contributed by atoms with E-state index in [1.54, 1.807) is 43.6 Å². The van der Waals surface area contributed by atoms with Gasteiger partial charge in [-0.3, -0.25) is 14.5 Å². The number of rotatable bonds is 7. The van der Waals surface area contributed by atoms with Crippen LogP contribution in [0.5, 0.6) is 11.5 Å². The highest BCUT2D eigenvalue weighted by Gasteiger charge is 2.14. The van der Waals surface area contributed by atoms with E-state index in [2.05, 4.69) is 15.4 Å². The lowest BCUT2D eigenvalue weighted by atomic mass is 10.1. The number of hydrogen-bond donors (Lipinski definition) is 1. The summed E-state index contributed by atoms with van der Waals surface area (Å²) in [4.78, 5) is 17.3. The fourth-order valence-electron chi connectivity index (χ4n) is 4.22. The Morgan fingerprint density at radius 3 is 2.45 bits per heavy atom. The van der Waals surface area contributed by atoms with Gasteiger partial charge in [0.1, 0.15) is 23.1 Å².